The SMILES string of the molecule is c1ccc(-c2nc(-c3ccc4c(c3)C3(c5ccccc5-c5ccccc53)c3ccccc3-4)nc(-c3ccccn3)n2)nc1. The zero-order chi connectivity index (χ0) is 28.4. The molecule has 5 nitrogen and oxygen atoms in total. The first-order valence-corrected chi connectivity index (χ1v) is 14.4. The van der Waals surface area contributed by atoms with E-state index in [1.54, 1.807) is 12.4 Å². The summed E-state index contributed by atoms with van der Waals surface area (Å²) in [7, 11) is 0. The maximum Gasteiger partial charge on any atom is 0.182 e. The van der Waals surface area contributed by atoms with Crippen molar-refractivity contribution in [3.05, 3.63) is 162 Å². The first kappa shape index (κ1) is 23.9. The molecule has 0 amide bonds. The van der Waals surface area contributed by atoms with Gasteiger partial charge < -0.3 is 0 Å². The van der Waals surface area contributed by atoms with Crippen molar-refractivity contribution in [3.63, 3.8) is 0 Å². The molecule has 0 N–H and O–H groups in total. The summed E-state index contributed by atoms with van der Waals surface area (Å²) in [6, 6.07) is 44.6. The second-order valence-corrected chi connectivity index (χ2v) is 10.9. The summed E-state index contributed by atoms with van der Waals surface area (Å²) < 4.78 is 0. The monoisotopic (exact) mass is 549 g/mol. The van der Waals surface area contributed by atoms with E-state index in [4.69, 9.17) is 15.0 Å². The largest absolute Gasteiger partial charge is 0.253 e. The van der Waals surface area contributed by atoms with Gasteiger partial charge >= 0.3 is 0 Å². The third-order valence-corrected chi connectivity index (χ3v) is 8.68. The molecule has 0 saturated carbocycles. The van der Waals surface area contributed by atoms with Crippen molar-refractivity contribution in [2.45, 2.75) is 5.41 Å². The molecule has 9 rings (SSSR count). The van der Waals surface area contributed by atoms with Gasteiger partial charge in [0.2, 0.25) is 0 Å². The zero-order valence-electron chi connectivity index (χ0n) is 23.0. The standard InChI is InChI=1S/C38H23N5/c1-4-14-29-25(11-1)26-12-2-5-15-30(26)38(29)31-16-6-3-13-27(31)28-20-19-24(23-32(28)38)35-41-36(33-17-7-9-21-39-33)43-37(42-35)34-18-8-10-22-40-34/h1-23H. The van der Waals surface area contributed by atoms with Crippen LogP contribution in [0.15, 0.2) is 140 Å². The smallest absolute Gasteiger partial charge is 0.182 e. The fourth-order valence-corrected chi connectivity index (χ4v) is 6.96. The minimum Gasteiger partial charge on any atom is -0.253 e. The molecule has 43 heavy (non-hydrogen) atoms. The van der Waals surface area contributed by atoms with E-state index in [0.717, 1.165) is 5.56 Å². The Morgan fingerprint density at radius 2 is 0.814 bits per heavy atom. The highest BCUT2D eigenvalue weighted by atomic mass is 15.1. The molecule has 0 atom stereocenters. The van der Waals surface area contributed by atoms with Gasteiger partial charge in [0.05, 0.1) is 5.41 Å². The Balaban J connectivity index is 1.32. The molecule has 1 spiro atoms. The highest BCUT2D eigenvalue weighted by molar-refractivity contribution is 5.95. The molecule has 0 saturated heterocycles. The first-order chi connectivity index (χ1) is 21.3. The van der Waals surface area contributed by atoms with Crippen LogP contribution in [0.2, 0.25) is 0 Å². The van der Waals surface area contributed by atoms with Crippen LogP contribution >= 0.6 is 0 Å². The molecule has 2 aliphatic carbocycles. The van der Waals surface area contributed by atoms with E-state index >= 15 is 0 Å². The Hall–Kier alpha value is -5.81. The van der Waals surface area contributed by atoms with Gasteiger partial charge in [0, 0.05) is 18.0 Å². The molecule has 0 aliphatic heterocycles. The molecule has 3 aromatic heterocycles. The number of hydrogen-bond donors (Lipinski definition) is 0. The van der Waals surface area contributed by atoms with E-state index in [-0.39, 0.29) is 0 Å². The summed E-state index contributed by atoms with van der Waals surface area (Å²) in [6.45, 7) is 0. The molecule has 0 radical (unpaired) electrons. The second kappa shape index (κ2) is 9.10. The van der Waals surface area contributed by atoms with E-state index < -0.39 is 5.41 Å². The molecule has 0 fully saturated rings. The average Bonchev–Trinajstić information content (AvgIpc) is 3.56. The number of aromatic nitrogens is 5. The number of hydrogen-bond acceptors (Lipinski definition) is 5. The van der Waals surface area contributed by atoms with Gasteiger partial charge in [0.15, 0.2) is 17.5 Å². The summed E-state index contributed by atoms with van der Waals surface area (Å²) >= 11 is 0. The van der Waals surface area contributed by atoms with Gasteiger partial charge in [-0.2, -0.15) is 0 Å². The van der Waals surface area contributed by atoms with Crippen LogP contribution in [-0.2, 0) is 5.41 Å². The van der Waals surface area contributed by atoms with Gasteiger partial charge in [-0.3, -0.25) is 9.97 Å². The van der Waals surface area contributed by atoms with Crippen LogP contribution in [0.4, 0.5) is 0 Å². The van der Waals surface area contributed by atoms with Crippen molar-refractivity contribution < 1.29 is 0 Å². The van der Waals surface area contributed by atoms with E-state index in [1.165, 1.54) is 44.5 Å². The fraction of sp³-hybridized carbons (Fsp3) is 0.0263. The molecule has 5 heteroatoms. The Kier molecular flexibility index (Phi) is 5.05. The van der Waals surface area contributed by atoms with E-state index in [1.807, 2.05) is 36.4 Å². The Morgan fingerprint density at radius 3 is 1.30 bits per heavy atom. The predicted octanol–water partition coefficient (Wildman–Crippen LogP) is 8.01. The van der Waals surface area contributed by atoms with Gasteiger partial charge in [0.1, 0.15) is 11.4 Å². The molecule has 3 heterocycles. The first-order valence-electron chi connectivity index (χ1n) is 14.4. The van der Waals surface area contributed by atoms with Crippen molar-refractivity contribution >= 4 is 0 Å². The number of benzene rings is 4. The van der Waals surface area contributed by atoms with Gasteiger partial charge in [-0.25, -0.2) is 15.0 Å². The summed E-state index contributed by atoms with van der Waals surface area (Å²) in [5.74, 6) is 1.62. The number of nitrogens with zero attached hydrogens (tertiary/aromatic N) is 5. The quantitative estimate of drug-likeness (QED) is 0.223. The van der Waals surface area contributed by atoms with Gasteiger partial charge in [0.25, 0.3) is 0 Å². The van der Waals surface area contributed by atoms with Crippen LogP contribution in [-0.4, -0.2) is 24.9 Å². The highest BCUT2D eigenvalue weighted by Crippen LogP contribution is 2.62. The van der Waals surface area contributed by atoms with Gasteiger partial charge in [-0.1, -0.05) is 97.1 Å². The van der Waals surface area contributed by atoms with Gasteiger partial charge in [-0.05, 0) is 74.8 Å². The van der Waals surface area contributed by atoms with Crippen LogP contribution in [0, 0.1) is 0 Å². The molecule has 0 unspecified atom stereocenters. The lowest BCUT2D eigenvalue weighted by atomic mass is 9.70. The molecule has 2 aliphatic rings. The molecular weight excluding hydrogens is 526 g/mol. The lowest BCUT2D eigenvalue weighted by Gasteiger charge is -2.30. The molecule has 4 aromatic carbocycles. The lowest BCUT2D eigenvalue weighted by Crippen LogP contribution is -2.25. The third-order valence-electron chi connectivity index (χ3n) is 8.68. The van der Waals surface area contributed by atoms with Crippen LogP contribution in [0.1, 0.15) is 22.3 Å². The summed E-state index contributed by atoms with van der Waals surface area (Å²) in [5.41, 5.74) is 12.1. The third kappa shape index (κ3) is 3.36. The maximum atomic E-state index is 4.97. The van der Waals surface area contributed by atoms with Crippen LogP contribution in [0.25, 0.3) is 56.7 Å². The molecular formula is C38H23N5. The fourth-order valence-electron chi connectivity index (χ4n) is 6.96. The zero-order valence-corrected chi connectivity index (χ0v) is 23.0. The molecule has 200 valence electrons. The average molecular weight is 550 g/mol. The van der Waals surface area contributed by atoms with Crippen molar-refractivity contribution in [2.24, 2.45) is 0 Å². The molecule has 0 bridgehead atoms. The number of pyridine rings is 2. The number of fused-ring (bicyclic) bond motifs is 10. The second-order valence-electron chi connectivity index (χ2n) is 10.9. The summed E-state index contributed by atoms with van der Waals surface area (Å²) in [6.07, 6.45) is 3.51. The van der Waals surface area contributed by atoms with Crippen LogP contribution in [0.5, 0.6) is 0 Å². The normalized spacial score (nSPS) is 13.3. The Bertz CT molecular complexity index is 2070. The van der Waals surface area contributed by atoms with Crippen LogP contribution < -0.4 is 0 Å². The van der Waals surface area contributed by atoms with E-state index in [2.05, 4.69) is 101 Å². The van der Waals surface area contributed by atoms with Crippen molar-refractivity contribution in [1.82, 2.24) is 24.9 Å². The van der Waals surface area contributed by atoms with Gasteiger partial charge in [-0.15, -0.1) is 0 Å². The Labute approximate surface area is 248 Å². The van der Waals surface area contributed by atoms with Crippen molar-refractivity contribution in [1.29, 1.82) is 0 Å². The number of rotatable bonds is 3. The van der Waals surface area contributed by atoms with E-state index in [9.17, 15) is 0 Å². The van der Waals surface area contributed by atoms with Crippen molar-refractivity contribution in [3.8, 4) is 56.7 Å². The van der Waals surface area contributed by atoms with Crippen molar-refractivity contribution in [2.75, 3.05) is 0 Å². The minimum atomic E-state index is -0.435. The Morgan fingerprint density at radius 1 is 0.372 bits per heavy atom. The summed E-state index contributed by atoms with van der Waals surface area (Å²) in [5, 5.41) is 0. The minimum absolute atomic E-state index is 0.435. The predicted molar refractivity (Wildman–Crippen MR) is 168 cm³/mol. The summed E-state index contributed by atoms with van der Waals surface area (Å²) in [4.78, 5) is 23.8. The van der Waals surface area contributed by atoms with E-state index in [0.29, 0.717) is 28.9 Å². The topological polar surface area (TPSA) is 64.5 Å². The highest BCUT2D eigenvalue weighted by Gasteiger charge is 2.51. The maximum absolute atomic E-state index is 4.97. The lowest BCUT2D eigenvalue weighted by molar-refractivity contribution is 0.794. The van der Waals surface area contributed by atoms with Crippen LogP contribution in [0.3, 0.4) is 0 Å². The molecule has 7 aromatic rings.